The molecular formula is C24H27F2NO4. The van der Waals surface area contributed by atoms with Crippen LogP contribution in [-0.4, -0.2) is 48.8 Å². The van der Waals surface area contributed by atoms with Gasteiger partial charge in [0.25, 0.3) is 0 Å². The predicted molar refractivity (Wildman–Crippen MR) is 112 cm³/mol. The van der Waals surface area contributed by atoms with E-state index in [0.29, 0.717) is 5.56 Å². The summed E-state index contributed by atoms with van der Waals surface area (Å²) in [5.41, 5.74) is -0.847. The number of benzene rings is 2. The van der Waals surface area contributed by atoms with Crippen molar-refractivity contribution in [3.8, 4) is 17.2 Å². The van der Waals surface area contributed by atoms with Gasteiger partial charge in [0.1, 0.15) is 5.75 Å². The molecule has 4 rings (SSSR count). The number of phenolic OH excluding ortho intramolecular Hbond substituents is 1. The van der Waals surface area contributed by atoms with Gasteiger partial charge >= 0.3 is 0 Å². The Balaban J connectivity index is 1.41. The largest absolute Gasteiger partial charge is 0.508 e. The lowest BCUT2D eigenvalue weighted by Gasteiger charge is -2.34. The van der Waals surface area contributed by atoms with Gasteiger partial charge in [-0.15, -0.1) is 0 Å². The Bertz CT molecular complexity index is 971. The second kappa shape index (κ2) is 8.46. The zero-order valence-corrected chi connectivity index (χ0v) is 17.8. The third kappa shape index (κ3) is 4.11. The number of rotatable bonds is 6. The van der Waals surface area contributed by atoms with E-state index in [9.17, 15) is 14.3 Å². The normalized spacial score (nSPS) is 21.9. The molecule has 2 aromatic carbocycles. The van der Waals surface area contributed by atoms with Crippen LogP contribution < -0.4 is 9.47 Å². The quantitative estimate of drug-likeness (QED) is 0.739. The summed E-state index contributed by atoms with van der Waals surface area (Å²) in [4.78, 5) is 15.2. The third-order valence-electron chi connectivity index (χ3n) is 6.46. The molecule has 1 saturated heterocycles. The van der Waals surface area contributed by atoms with E-state index in [0.717, 1.165) is 38.0 Å². The van der Waals surface area contributed by atoms with Gasteiger partial charge < -0.3 is 14.6 Å². The van der Waals surface area contributed by atoms with Gasteiger partial charge in [0.05, 0.1) is 19.8 Å². The van der Waals surface area contributed by atoms with Crippen LogP contribution in [0.3, 0.4) is 0 Å². The minimum absolute atomic E-state index is 0.0613. The number of ether oxygens (including phenoxy) is 2. The molecule has 1 heterocycles. The average molecular weight is 431 g/mol. The summed E-state index contributed by atoms with van der Waals surface area (Å²) < 4.78 is 40.8. The highest BCUT2D eigenvalue weighted by molar-refractivity contribution is 6.07. The highest BCUT2D eigenvalue weighted by Gasteiger charge is 2.50. The molecular weight excluding hydrogens is 404 g/mol. The van der Waals surface area contributed by atoms with Crippen LogP contribution in [0.1, 0.15) is 40.7 Å². The molecule has 2 aliphatic rings. The van der Waals surface area contributed by atoms with Crippen LogP contribution in [0.25, 0.3) is 0 Å². The Hall–Kier alpha value is -2.67. The molecule has 0 saturated carbocycles. The molecule has 1 unspecified atom stereocenters. The number of halogens is 2. The van der Waals surface area contributed by atoms with Crippen LogP contribution in [0.4, 0.5) is 8.78 Å². The molecule has 0 amide bonds. The number of fused-ring (bicyclic) bond motifs is 1. The van der Waals surface area contributed by atoms with Crippen LogP contribution in [0.2, 0.25) is 0 Å². The van der Waals surface area contributed by atoms with Gasteiger partial charge in [-0.05, 0) is 67.6 Å². The van der Waals surface area contributed by atoms with E-state index in [-0.39, 0.29) is 41.6 Å². The molecule has 7 heteroatoms. The fourth-order valence-electron chi connectivity index (χ4n) is 4.82. The minimum atomic E-state index is -2.09. The number of likely N-dealkylation sites (tertiary alicyclic amines) is 1. The maximum atomic E-state index is 15.8. The maximum Gasteiger partial charge on any atom is 0.203 e. The van der Waals surface area contributed by atoms with Crippen molar-refractivity contribution in [2.45, 2.75) is 37.9 Å². The van der Waals surface area contributed by atoms with Gasteiger partial charge in [0.15, 0.2) is 23.0 Å². The van der Waals surface area contributed by atoms with Crippen LogP contribution in [0.15, 0.2) is 30.3 Å². The summed E-state index contributed by atoms with van der Waals surface area (Å²) in [5, 5.41) is 9.41. The monoisotopic (exact) mass is 431 g/mol. The SMILES string of the molecule is COc1cc2c(c(F)c1OC)C(=O)C(F)(CC1CCN(Cc3ccc(O)cc3)CC1)C2. The first-order valence-electron chi connectivity index (χ1n) is 10.5. The molecule has 1 N–H and O–H groups in total. The lowest BCUT2D eigenvalue weighted by atomic mass is 9.83. The highest BCUT2D eigenvalue weighted by atomic mass is 19.1. The number of methoxy groups -OCH3 is 2. The topological polar surface area (TPSA) is 59.0 Å². The summed E-state index contributed by atoms with van der Waals surface area (Å²) >= 11 is 0. The molecule has 31 heavy (non-hydrogen) atoms. The van der Waals surface area contributed by atoms with E-state index in [2.05, 4.69) is 4.90 Å². The molecule has 1 aliphatic heterocycles. The lowest BCUT2D eigenvalue weighted by molar-refractivity contribution is 0.0584. The first kappa shape index (κ1) is 21.6. The summed E-state index contributed by atoms with van der Waals surface area (Å²) in [6.45, 7) is 2.38. The Morgan fingerprint density at radius 3 is 2.45 bits per heavy atom. The van der Waals surface area contributed by atoms with Gasteiger partial charge in [0, 0.05) is 13.0 Å². The predicted octanol–water partition coefficient (Wildman–Crippen LogP) is 4.30. The molecule has 166 valence electrons. The van der Waals surface area contributed by atoms with E-state index in [1.807, 2.05) is 12.1 Å². The number of carbonyl (C=O) groups is 1. The Morgan fingerprint density at radius 2 is 1.84 bits per heavy atom. The number of aromatic hydroxyl groups is 1. The molecule has 0 aromatic heterocycles. The third-order valence-corrected chi connectivity index (χ3v) is 6.46. The van der Waals surface area contributed by atoms with Crippen molar-refractivity contribution in [2.75, 3.05) is 27.3 Å². The van der Waals surface area contributed by atoms with Gasteiger partial charge in [-0.1, -0.05) is 12.1 Å². The maximum absolute atomic E-state index is 15.8. The first-order chi connectivity index (χ1) is 14.8. The van der Waals surface area contributed by atoms with Crippen molar-refractivity contribution in [1.29, 1.82) is 0 Å². The van der Waals surface area contributed by atoms with Gasteiger partial charge in [0.2, 0.25) is 5.78 Å². The van der Waals surface area contributed by atoms with E-state index in [1.54, 1.807) is 12.1 Å². The van der Waals surface area contributed by atoms with E-state index < -0.39 is 17.3 Å². The van der Waals surface area contributed by atoms with Crippen molar-refractivity contribution >= 4 is 5.78 Å². The molecule has 0 spiro atoms. The van der Waals surface area contributed by atoms with Crippen molar-refractivity contribution < 1.29 is 28.2 Å². The number of hydrogen-bond acceptors (Lipinski definition) is 5. The molecule has 1 atom stereocenters. The Labute approximate surface area is 180 Å². The van der Waals surface area contributed by atoms with Gasteiger partial charge in [-0.3, -0.25) is 9.69 Å². The number of alkyl halides is 1. The number of carbonyl (C=O) groups excluding carboxylic acids is 1. The Kier molecular flexibility index (Phi) is 5.88. The number of Topliss-reactive ketones (excluding diaryl/α,β-unsaturated/α-hetero) is 1. The highest BCUT2D eigenvalue weighted by Crippen LogP contribution is 2.45. The zero-order chi connectivity index (χ0) is 22.2. The lowest BCUT2D eigenvalue weighted by Crippen LogP contribution is -2.39. The van der Waals surface area contributed by atoms with E-state index in [4.69, 9.17) is 9.47 Å². The summed E-state index contributed by atoms with van der Waals surface area (Å²) in [6, 6.07) is 8.63. The molecule has 1 aliphatic carbocycles. The van der Waals surface area contributed by atoms with E-state index >= 15 is 4.39 Å². The second-order valence-corrected chi connectivity index (χ2v) is 8.52. The average Bonchev–Trinajstić information content (AvgIpc) is 3.01. The number of ketones is 1. The number of hydrogen-bond donors (Lipinski definition) is 1. The fourth-order valence-corrected chi connectivity index (χ4v) is 4.82. The van der Waals surface area contributed by atoms with Crippen LogP contribution >= 0.6 is 0 Å². The number of phenols is 1. The smallest absolute Gasteiger partial charge is 0.203 e. The summed E-state index contributed by atoms with van der Waals surface area (Å²) in [6.07, 6.45) is 1.52. The molecule has 0 radical (unpaired) electrons. The molecule has 1 fully saturated rings. The summed E-state index contributed by atoms with van der Waals surface area (Å²) in [5.74, 6) is -1.33. The van der Waals surface area contributed by atoms with Gasteiger partial charge in [-0.25, -0.2) is 8.78 Å². The van der Waals surface area contributed by atoms with Crippen molar-refractivity contribution in [2.24, 2.45) is 5.92 Å². The zero-order valence-electron chi connectivity index (χ0n) is 17.8. The summed E-state index contributed by atoms with van der Waals surface area (Å²) in [7, 11) is 2.68. The minimum Gasteiger partial charge on any atom is -0.508 e. The first-order valence-corrected chi connectivity index (χ1v) is 10.5. The van der Waals surface area contributed by atoms with Crippen molar-refractivity contribution in [1.82, 2.24) is 4.90 Å². The van der Waals surface area contributed by atoms with E-state index in [1.165, 1.54) is 20.3 Å². The fraction of sp³-hybridized carbons (Fsp3) is 0.458. The number of piperidine rings is 1. The number of nitrogens with zero attached hydrogens (tertiary/aromatic N) is 1. The van der Waals surface area contributed by atoms with Crippen molar-refractivity contribution in [3.05, 3.63) is 52.8 Å². The standard InChI is InChI=1S/C24H27F2NO4/c1-30-19-11-17-13-24(26,23(29)20(17)21(25)22(19)31-2)12-15-7-9-27(10-8-15)14-16-3-5-18(28)6-4-16/h3-6,11,15,28H,7-10,12-14H2,1-2H3. The molecule has 0 bridgehead atoms. The van der Waals surface area contributed by atoms with Crippen LogP contribution in [0, 0.1) is 11.7 Å². The molecule has 2 aromatic rings. The van der Waals surface area contributed by atoms with Crippen LogP contribution in [0.5, 0.6) is 17.2 Å². The van der Waals surface area contributed by atoms with Gasteiger partial charge in [-0.2, -0.15) is 0 Å². The molecule has 5 nitrogen and oxygen atoms in total. The van der Waals surface area contributed by atoms with Crippen molar-refractivity contribution in [3.63, 3.8) is 0 Å². The second-order valence-electron chi connectivity index (χ2n) is 8.52. The van der Waals surface area contributed by atoms with Crippen LogP contribution in [-0.2, 0) is 13.0 Å². The Morgan fingerprint density at radius 1 is 1.16 bits per heavy atom.